The largest absolute Gasteiger partial charge is 0.383 e. The molecule has 0 aliphatic carbocycles. The number of amides is 1. The summed E-state index contributed by atoms with van der Waals surface area (Å²) in [6, 6.07) is 12.3. The van der Waals surface area contributed by atoms with E-state index in [1.807, 2.05) is 28.8 Å². The number of nitrogens with one attached hydrogen (secondary N) is 2. The third kappa shape index (κ3) is 5.08. The van der Waals surface area contributed by atoms with Gasteiger partial charge in [-0.2, -0.15) is 0 Å². The molecule has 0 spiro atoms. The molecule has 1 heterocycles. The van der Waals surface area contributed by atoms with E-state index in [0.717, 1.165) is 11.0 Å². The molecular formula is C20H23N5O4. The number of hydrogen-bond donors (Lipinski definition) is 2. The van der Waals surface area contributed by atoms with Crippen LogP contribution in [-0.4, -0.2) is 47.2 Å². The minimum Gasteiger partial charge on any atom is -0.383 e. The zero-order valence-electron chi connectivity index (χ0n) is 16.1. The van der Waals surface area contributed by atoms with Crippen LogP contribution in [0.25, 0.3) is 11.0 Å². The van der Waals surface area contributed by atoms with Crippen LogP contribution < -0.4 is 10.6 Å². The molecule has 9 heteroatoms. The fourth-order valence-electron chi connectivity index (χ4n) is 3.00. The quantitative estimate of drug-likeness (QED) is 0.309. The van der Waals surface area contributed by atoms with E-state index in [0.29, 0.717) is 38.3 Å². The van der Waals surface area contributed by atoms with Gasteiger partial charge in [0.25, 0.3) is 11.6 Å². The lowest BCUT2D eigenvalue weighted by Crippen LogP contribution is -2.25. The number of nitro groups is 1. The average molecular weight is 397 g/mol. The number of carbonyl (C=O) groups excluding carboxylic acids is 1. The van der Waals surface area contributed by atoms with Gasteiger partial charge in [-0.25, -0.2) is 4.98 Å². The maximum absolute atomic E-state index is 12.4. The standard InChI is InChI=1S/C20H23N5O4/c1-29-12-10-21-17-8-7-15(13-19(17)25(27)28)20(26)22-9-4-11-24-14-23-16-5-2-3-6-18(16)24/h2-3,5-8,13-14,21H,4,9-12H2,1H3,(H,22,26). The summed E-state index contributed by atoms with van der Waals surface area (Å²) in [5.41, 5.74) is 2.45. The normalized spacial score (nSPS) is 10.8. The monoisotopic (exact) mass is 397 g/mol. The number of carbonyl (C=O) groups is 1. The van der Waals surface area contributed by atoms with E-state index in [-0.39, 0.29) is 17.2 Å². The van der Waals surface area contributed by atoms with Gasteiger partial charge in [0, 0.05) is 38.4 Å². The number of para-hydroxylation sites is 2. The minimum absolute atomic E-state index is 0.140. The van der Waals surface area contributed by atoms with Crippen molar-refractivity contribution in [2.24, 2.45) is 0 Å². The van der Waals surface area contributed by atoms with Crippen molar-refractivity contribution in [3.05, 3.63) is 64.5 Å². The number of benzene rings is 2. The molecule has 0 saturated carbocycles. The molecule has 152 valence electrons. The van der Waals surface area contributed by atoms with E-state index < -0.39 is 4.92 Å². The number of anilines is 1. The van der Waals surface area contributed by atoms with Crippen LogP contribution in [0, 0.1) is 10.1 Å². The Morgan fingerprint density at radius 3 is 2.86 bits per heavy atom. The van der Waals surface area contributed by atoms with E-state index in [9.17, 15) is 14.9 Å². The lowest BCUT2D eigenvalue weighted by Gasteiger charge is -2.09. The Bertz CT molecular complexity index is 1000. The highest BCUT2D eigenvalue weighted by Gasteiger charge is 2.17. The Morgan fingerprint density at radius 2 is 2.07 bits per heavy atom. The molecule has 0 atom stereocenters. The molecular weight excluding hydrogens is 374 g/mol. The third-order valence-electron chi connectivity index (χ3n) is 4.47. The van der Waals surface area contributed by atoms with E-state index in [4.69, 9.17) is 4.74 Å². The Hall–Kier alpha value is -3.46. The first kappa shape index (κ1) is 20.3. The Kier molecular flexibility index (Phi) is 6.75. The van der Waals surface area contributed by atoms with Crippen LogP contribution in [0.3, 0.4) is 0 Å². The van der Waals surface area contributed by atoms with Gasteiger partial charge in [0.2, 0.25) is 0 Å². The van der Waals surface area contributed by atoms with Gasteiger partial charge in [-0.15, -0.1) is 0 Å². The lowest BCUT2D eigenvalue weighted by atomic mass is 10.1. The third-order valence-corrected chi connectivity index (χ3v) is 4.47. The summed E-state index contributed by atoms with van der Waals surface area (Å²) in [6.07, 6.45) is 2.50. The molecule has 0 bridgehead atoms. The van der Waals surface area contributed by atoms with Gasteiger partial charge in [-0.1, -0.05) is 12.1 Å². The Labute approximate surface area is 167 Å². The van der Waals surface area contributed by atoms with Gasteiger partial charge in [-0.05, 0) is 30.7 Å². The number of nitrogens with zero attached hydrogens (tertiary/aromatic N) is 3. The van der Waals surface area contributed by atoms with Crippen LogP contribution in [0.1, 0.15) is 16.8 Å². The van der Waals surface area contributed by atoms with Crippen LogP contribution in [0.5, 0.6) is 0 Å². The number of aryl methyl sites for hydroxylation is 1. The smallest absolute Gasteiger partial charge is 0.293 e. The van der Waals surface area contributed by atoms with Crippen LogP contribution >= 0.6 is 0 Å². The maximum Gasteiger partial charge on any atom is 0.293 e. The van der Waals surface area contributed by atoms with Gasteiger partial charge < -0.3 is 19.9 Å². The molecule has 3 rings (SSSR count). The first-order valence-corrected chi connectivity index (χ1v) is 9.29. The van der Waals surface area contributed by atoms with Crippen molar-refractivity contribution >= 4 is 28.3 Å². The number of nitro benzene ring substituents is 1. The van der Waals surface area contributed by atoms with E-state index in [2.05, 4.69) is 15.6 Å². The zero-order valence-corrected chi connectivity index (χ0v) is 16.1. The molecule has 9 nitrogen and oxygen atoms in total. The first-order chi connectivity index (χ1) is 14.1. The van der Waals surface area contributed by atoms with Crippen molar-refractivity contribution in [3.8, 4) is 0 Å². The number of hydrogen-bond acceptors (Lipinski definition) is 6. The average Bonchev–Trinajstić information content (AvgIpc) is 3.14. The predicted octanol–water partition coefficient (Wildman–Crippen LogP) is 2.82. The molecule has 2 aromatic carbocycles. The fraction of sp³-hybridized carbons (Fsp3) is 0.300. The number of fused-ring (bicyclic) bond motifs is 1. The highest BCUT2D eigenvalue weighted by atomic mass is 16.6. The lowest BCUT2D eigenvalue weighted by molar-refractivity contribution is -0.384. The van der Waals surface area contributed by atoms with Crippen molar-refractivity contribution in [1.82, 2.24) is 14.9 Å². The highest BCUT2D eigenvalue weighted by molar-refractivity contribution is 5.95. The minimum atomic E-state index is -0.504. The van der Waals surface area contributed by atoms with Gasteiger partial charge in [0.15, 0.2) is 0 Å². The van der Waals surface area contributed by atoms with Crippen molar-refractivity contribution in [1.29, 1.82) is 0 Å². The first-order valence-electron chi connectivity index (χ1n) is 9.29. The summed E-state index contributed by atoms with van der Waals surface area (Å²) < 4.78 is 6.96. The summed E-state index contributed by atoms with van der Waals surface area (Å²) in [5, 5.41) is 17.1. The van der Waals surface area contributed by atoms with Gasteiger partial charge in [0.05, 0.1) is 28.9 Å². The SMILES string of the molecule is COCCNc1ccc(C(=O)NCCCn2cnc3ccccc32)cc1[N+](=O)[O-]. The molecule has 29 heavy (non-hydrogen) atoms. The molecule has 3 aromatic rings. The number of methoxy groups -OCH3 is 1. The van der Waals surface area contributed by atoms with Crippen molar-refractivity contribution < 1.29 is 14.5 Å². The molecule has 0 aliphatic heterocycles. The fourth-order valence-corrected chi connectivity index (χ4v) is 3.00. The number of aromatic nitrogens is 2. The summed E-state index contributed by atoms with van der Waals surface area (Å²) in [7, 11) is 1.55. The molecule has 1 aromatic heterocycles. The van der Waals surface area contributed by atoms with E-state index in [1.54, 1.807) is 25.6 Å². The molecule has 0 saturated heterocycles. The van der Waals surface area contributed by atoms with Crippen molar-refractivity contribution in [2.45, 2.75) is 13.0 Å². The molecule has 1 amide bonds. The number of imidazole rings is 1. The molecule has 2 N–H and O–H groups in total. The van der Waals surface area contributed by atoms with E-state index >= 15 is 0 Å². The summed E-state index contributed by atoms with van der Waals surface area (Å²) in [5.74, 6) is -0.341. The van der Waals surface area contributed by atoms with Crippen molar-refractivity contribution in [2.75, 3.05) is 32.1 Å². The Balaban J connectivity index is 1.56. The molecule has 0 radical (unpaired) electrons. The molecule has 0 fully saturated rings. The Morgan fingerprint density at radius 1 is 1.24 bits per heavy atom. The summed E-state index contributed by atoms with van der Waals surface area (Å²) in [4.78, 5) is 27.5. The van der Waals surface area contributed by atoms with Gasteiger partial charge in [0.1, 0.15) is 5.69 Å². The number of ether oxygens (including phenoxy) is 1. The number of rotatable bonds is 10. The van der Waals surface area contributed by atoms with E-state index in [1.165, 1.54) is 6.07 Å². The maximum atomic E-state index is 12.4. The topological polar surface area (TPSA) is 111 Å². The summed E-state index contributed by atoms with van der Waals surface area (Å²) in [6.45, 7) is 2.02. The second-order valence-electron chi connectivity index (χ2n) is 6.44. The predicted molar refractivity (Wildman–Crippen MR) is 110 cm³/mol. The highest BCUT2D eigenvalue weighted by Crippen LogP contribution is 2.25. The second-order valence-corrected chi connectivity index (χ2v) is 6.44. The molecule has 0 unspecified atom stereocenters. The van der Waals surface area contributed by atoms with Gasteiger partial charge in [-0.3, -0.25) is 14.9 Å². The zero-order chi connectivity index (χ0) is 20.6. The van der Waals surface area contributed by atoms with Crippen LogP contribution in [0.2, 0.25) is 0 Å². The van der Waals surface area contributed by atoms with Gasteiger partial charge >= 0.3 is 0 Å². The van der Waals surface area contributed by atoms with Crippen LogP contribution in [-0.2, 0) is 11.3 Å². The van der Waals surface area contributed by atoms with Crippen molar-refractivity contribution in [3.63, 3.8) is 0 Å². The second kappa shape index (κ2) is 9.65. The summed E-state index contributed by atoms with van der Waals surface area (Å²) >= 11 is 0. The van der Waals surface area contributed by atoms with Crippen LogP contribution in [0.15, 0.2) is 48.8 Å². The molecule has 0 aliphatic rings. The van der Waals surface area contributed by atoms with Crippen LogP contribution in [0.4, 0.5) is 11.4 Å².